The van der Waals surface area contributed by atoms with E-state index in [1.165, 1.54) is 83.5 Å². The van der Waals surface area contributed by atoms with Crippen LogP contribution in [0.15, 0.2) is 72.9 Å². The van der Waals surface area contributed by atoms with Gasteiger partial charge in [-0.3, -0.25) is 18.6 Å². The summed E-state index contributed by atoms with van der Waals surface area (Å²) >= 11 is 0. The van der Waals surface area contributed by atoms with E-state index < -0.39 is 32.5 Å². The Morgan fingerprint density at radius 2 is 0.967 bits per heavy atom. The van der Waals surface area contributed by atoms with Crippen molar-refractivity contribution < 1.29 is 42.1 Å². The number of carbonyl (C=O) groups is 2. The summed E-state index contributed by atoms with van der Waals surface area (Å²) in [5.41, 5.74) is 0. The monoisotopic (exact) mass is 863 g/mol. The minimum absolute atomic E-state index is 0.0194. The Labute approximate surface area is 368 Å². The van der Waals surface area contributed by atoms with Gasteiger partial charge in [0, 0.05) is 12.8 Å². The molecule has 0 spiro atoms. The van der Waals surface area contributed by atoms with E-state index in [-0.39, 0.29) is 26.1 Å². The first-order valence-corrected chi connectivity index (χ1v) is 25.2. The van der Waals surface area contributed by atoms with E-state index in [4.69, 9.17) is 18.5 Å². The average Bonchev–Trinajstić information content (AvgIpc) is 3.20. The molecule has 1 unspecified atom stereocenters. The number of rotatable bonds is 42. The second-order valence-corrected chi connectivity index (χ2v) is 18.2. The van der Waals surface area contributed by atoms with Crippen molar-refractivity contribution in [1.29, 1.82) is 0 Å². The standard InChI is InChI=1S/C50H88NO8P/c1-6-8-10-12-14-16-18-20-22-24-25-27-29-31-33-35-37-39-41-43-50(53)59-48(47-58-60(54,55)57-45-44-51(3,4)5)46-56-49(52)42-40-38-36-34-32-30-28-26-23-21-19-17-15-13-11-9-7-2/h9,11,15,17,20-23,28,30,34,36,48H,6-8,10,12-14,16,18-19,24-27,29,31-33,35,37-47H2,1-5H3/p+1/b11-9+,17-15+,22-20+,23-21+,30-28+,36-34+/t48-/m1/s1. The van der Waals surface area contributed by atoms with Crippen LogP contribution in [-0.2, 0) is 32.7 Å². The topological polar surface area (TPSA) is 108 Å². The fraction of sp³-hybridized carbons (Fsp3) is 0.720. The number of unbranched alkanes of at least 4 members (excludes halogenated alkanes) is 16. The molecule has 346 valence electrons. The van der Waals surface area contributed by atoms with E-state index in [0.717, 1.165) is 57.8 Å². The Balaban J connectivity index is 4.40. The molecule has 1 N–H and O–H groups in total. The van der Waals surface area contributed by atoms with Crippen LogP contribution < -0.4 is 0 Å². The molecule has 0 aromatic rings. The second kappa shape index (κ2) is 41.8. The van der Waals surface area contributed by atoms with Crippen LogP contribution in [-0.4, -0.2) is 74.9 Å². The van der Waals surface area contributed by atoms with Crippen LogP contribution in [0.25, 0.3) is 0 Å². The summed E-state index contributed by atoms with van der Waals surface area (Å²) < 4.78 is 34.3. The van der Waals surface area contributed by atoms with Crippen molar-refractivity contribution in [2.45, 2.75) is 187 Å². The van der Waals surface area contributed by atoms with E-state index in [2.05, 4.69) is 86.8 Å². The third-order valence-corrected chi connectivity index (χ3v) is 10.7. The van der Waals surface area contributed by atoms with Crippen LogP contribution in [0.1, 0.15) is 181 Å². The molecule has 0 saturated heterocycles. The molecular formula is C50H89NO8P+. The summed E-state index contributed by atoms with van der Waals surface area (Å²) in [5, 5.41) is 0. The van der Waals surface area contributed by atoms with Gasteiger partial charge in [-0.05, 0) is 77.0 Å². The van der Waals surface area contributed by atoms with Gasteiger partial charge in [0.2, 0.25) is 0 Å². The lowest BCUT2D eigenvalue weighted by molar-refractivity contribution is -0.870. The summed E-state index contributed by atoms with van der Waals surface area (Å²) in [5.74, 6) is -0.872. The smallest absolute Gasteiger partial charge is 0.462 e. The van der Waals surface area contributed by atoms with Gasteiger partial charge < -0.3 is 18.9 Å². The van der Waals surface area contributed by atoms with Gasteiger partial charge in [0.25, 0.3) is 0 Å². The maximum Gasteiger partial charge on any atom is 0.472 e. The molecule has 0 aromatic heterocycles. The molecule has 0 bridgehead atoms. The SMILES string of the molecule is CC/C=C/C/C=C/C/C=C/C/C=C/C/C=C/CCCC(=O)OC[C@H](COP(=O)(O)OCC[N+](C)(C)C)OC(=O)CCCCCCCCCCC/C=C/CCCCCCCC. The van der Waals surface area contributed by atoms with E-state index in [1.807, 2.05) is 21.1 Å². The number of carbonyl (C=O) groups excluding carboxylic acids is 2. The third kappa shape index (κ3) is 45.0. The lowest BCUT2D eigenvalue weighted by Gasteiger charge is -2.24. The zero-order valence-electron chi connectivity index (χ0n) is 38.9. The minimum Gasteiger partial charge on any atom is -0.462 e. The van der Waals surface area contributed by atoms with Crippen LogP contribution in [0.4, 0.5) is 0 Å². The average molecular weight is 863 g/mol. The Kier molecular flexibility index (Phi) is 40.0. The molecule has 0 aliphatic carbocycles. The second-order valence-electron chi connectivity index (χ2n) is 16.8. The lowest BCUT2D eigenvalue weighted by Crippen LogP contribution is -2.37. The third-order valence-electron chi connectivity index (χ3n) is 9.72. The number of likely N-dealkylation sites (N-methyl/N-ethyl adjacent to an activating group) is 1. The summed E-state index contributed by atoms with van der Waals surface area (Å²) in [6.07, 6.45) is 52.4. The molecular weight excluding hydrogens is 774 g/mol. The van der Waals surface area contributed by atoms with Gasteiger partial charge in [-0.1, -0.05) is 164 Å². The molecule has 0 heterocycles. The first-order valence-electron chi connectivity index (χ1n) is 23.7. The number of nitrogens with zero attached hydrogens (tertiary/aromatic N) is 1. The molecule has 0 radical (unpaired) electrons. The first kappa shape index (κ1) is 57.4. The molecule has 9 nitrogen and oxygen atoms in total. The fourth-order valence-electron chi connectivity index (χ4n) is 6.04. The van der Waals surface area contributed by atoms with Crippen molar-refractivity contribution in [2.24, 2.45) is 0 Å². The van der Waals surface area contributed by atoms with E-state index in [9.17, 15) is 19.0 Å². The maximum absolute atomic E-state index is 12.7. The fourth-order valence-corrected chi connectivity index (χ4v) is 6.79. The number of phosphoric acid groups is 1. The first-order chi connectivity index (χ1) is 29.0. The zero-order valence-corrected chi connectivity index (χ0v) is 39.8. The molecule has 0 saturated carbocycles. The quantitative estimate of drug-likeness (QED) is 0.0212. The number of phosphoric ester groups is 1. The van der Waals surface area contributed by atoms with Gasteiger partial charge in [-0.2, -0.15) is 0 Å². The van der Waals surface area contributed by atoms with Crippen LogP contribution in [0.3, 0.4) is 0 Å². The highest BCUT2D eigenvalue weighted by Crippen LogP contribution is 2.43. The normalized spacial score (nSPS) is 14.2. The van der Waals surface area contributed by atoms with Crippen molar-refractivity contribution in [2.75, 3.05) is 47.5 Å². The molecule has 2 atom stereocenters. The molecule has 0 aliphatic heterocycles. The lowest BCUT2D eigenvalue weighted by atomic mass is 10.1. The van der Waals surface area contributed by atoms with Crippen molar-refractivity contribution >= 4 is 19.8 Å². The number of quaternary nitrogens is 1. The molecule has 0 fully saturated rings. The van der Waals surface area contributed by atoms with Crippen LogP contribution in [0.5, 0.6) is 0 Å². The number of ether oxygens (including phenoxy) is 2. The highest BCUT2D eigenvalue weighted by atomic mass is 31.2. The van der Waals surface area contributed by atoms with Gasteiger partial charge in [-0.15, -0.1) is 0 Å². The Morgan fingerprint density at radius 3 is 1.48 bits per heavy atom. The van der Waals surface area contributed by atoms with Gasteiger partial charge in [0.15, 0.2) is 6.10 Å². The van der Waals surface area contributed by atoms with Crippen LogP contribution in [0, 0.1) is 0 Å². The van der Waals surface area contributed by atoms with Crippen molar-refractivity contribution in [1.82, 2.24) is 0 Å². The molecule has 0 rings (SSSR count). The maximum atomic E-state index is 12.7. The van der Waals surface area contributed by atoms with Crippen molar-refractivity contribution in [3.63, 3.8) is 0 Å². The molecule has 60 heavy (non-hydrogen) atoms. The van der Waals surface area contributed by atoms with E-state index in [0.29, 0.717) is 23.9 Å². The number of esters is 2. The van der Waals surface area contributed by atoms with Gasteiger partial charge in [-0.25, -0.2) is 4.57 Å². The van der Waals surface area contributed by atoms with Crippen LogP contribution in [0.2, 0.25) is 0 Å². The largest absolute Gasteiger partial charge is 0.472 e. The Bertz CT molecular complexity index is 1250. The molecule has 10 heteroatoms. The molecule has 0 aromatic carbocycles. The number of hydrogen-bond acceptors (Lipinski definition) is 7. The van der Waals surface area contributed by atoms with Gasteiger partial charge in [0.1, 0.15) is 19.8 Å². The number of hydrogen-bond donors (Lipinski definition) is 1. The highest BCUT2D eigenvalue weighted by Gasteiger charge is 2.27. The Hall–Kier alpha value is -2.55. The summed E-state index contributed by atoms with van der Waals surface area (Å²) in [6.45, 7) is 4.23. The Morgan fingerprint density at radius 1 is 0.533 bits per heavy atom. The molecule has 0 aliphatic rings. The van der Waals surface area contributed by atoms with E-state index in [1.54, 1.807) is 0 Å². The highest BCUT2D eigenvalue weighted by molar-refractivity contribution is 7.47. The zero-order chi connectivity index (χ0) is 44.3. The predicted molar refractivity (Wildman–Crippen MR) is 252 cm³/mol. The van der Waals surface area contributed by atoms with Crippen molar-refractivity contribution in [3.8, 4) is 0 Å². The predicted octanol–water partition coefficient (Wildman–Crippen LogP) is 13.8. The van der Waals surface area contributed by atoms with E-state index >= 15 is 0 Å². The van der Waals surface area contributed by atoms with Gasteiger partial charge >= 0.3 is 19.8 Å². The molecule has 0 amide bonds. The summed E-state index contributed by atoms with van der Waals surface area (Å²) in [7, 11) is 1.44. The van der Waals surface area contributed by atoms with Crippen LogP contribution >= 0.6 is 7.82 Å². The van der Waals surface area contributed by atoms with Crippen molar-refractivity contribution in [3.05, 3.63) is 72.9 Å². The number of allylic oxidation sites excluding steroid dienone is 12. The minimum atomic E-state index is -4.39. The van der Waals surface area contributed by atoms with Gasteiger partial charge in [0.05, 0.1) is 27.7 Å². The summed E-state index contributed by atoms with van der Waals surface area (Å²) in [4.78, 5) is 35.4. The summed E-state index contributed by atoms with van der Waals surface area (Å²) in [6, 6.07) is 0.